The van der Waals surface area contributed by atoms with E-state index >= 15 is 0 Å². The van der Waals surface area contributed by atoms with Crippen molar-refractivity contribution < 1.29 is 9.31 Å². The fourth-order valence-corrected chi connectivity index (χ4v) is 2.45. The molecule has 3 rings (SSSR count). The van der Waals surface area contributed by atoms with Gasteiger partial charge in [-0.25, -0.2) is 4.98 Å². The molecule has 20 heavy (non-hydrogen) atoms. The molecule has 104 valence electrons. The van der Waals surface area contributed by atoms with Gasteiger partial charge in [-0.3, -0.25) is 0 Å². The van der Waals surface area contributed by atoms with Gasteiger partial charge in [0.25, 0.3) is 0 Å². The van der Waals surface area contributed by atoms with Crippen molar-refractivity contribution in [1.82, 2.24) is 4.98 Å². The Kier molecular flexibility index (Phi) is 2.93. The van der Waals surface area contributed by atoms with E-state index in [1.807, 2.05) is 40.0 Å². The van der Waals surface area contributed by atoms with Crippen LogP contribution in [-0.2, 0) is 9.31 Å². The molecule has 0 aromatic carbocycles. The Morgan fingerprint density at radius 3 is 2.35 bits per heavy atom. The van der Waals surface area contributed by atoms with Crippen LogP contribution in [0.2, 0.25) is 0 Å². The van der Waals surface area contributed by atoms with Crippen molar-refractivity contribution in [1.29, 1.82) is 5.26 Å². The SMILES string of the molecule is CC1(C)OB(c2cc(C#N)ncc2C2CC2)OC1(C)C. The van der Waals surface area contributed by atoms with Crippen molar-refractivity contribution in [3.8, 4) is 6.07 Å². The molecule has 0 spiro atoms. The lowest BCUT2D eigenvalue weighted by Gasteiger charge is -2.32. The summed E-state index contributed by atoms with van der Waals surface area (Å²) in [7, 11) is -0.411. The van der Waals surface area contributed by atoms with Crippen LogP contribution in [0.25, 0.3) is 0 Å². The number of nitriles is 1. The lowest BCUT2D eigenvalue weighted by atomic mass is 9.75. The Hall–Kier alpha value is -1.38. The van der Waals surface area contributed by atoms with Crippen molar-refractivity contribution in [2.24, 2.45) is 0 Å². The summed E-state index contributed by atoms with van der Waals surface area (Å²) in [5.41, 5.74) is 1.82. The van der Waals surface area contributed by atoms with Crippen molar-refractivity contribution in [3.05, 3.63) is 23.5 Å². The van der Waals surface area contributed by atoms with Gasteiger partial charge in [0.05, 0.1) is 11.2 Å². The van der Waals surface area contributed by atoms with E-state index in [2.05, 4.69) is 11.1 Å². The van der Waals surface area contributed by atoms with Crippen LogP contribution in [0.4, 0.5) is 0 Å². The molecule has 0 N–H and O–H groups in total. The zero-order valence-corrected chi connectivity index (χ0v) is 12.4. The first-order chi connectivity index (χ1) is 9.34. The van der Waals surface area contributed by atoms with E-state index in [9.17, 15) is 0 Å². The minimum Gasteiger partial charge on any atom is -0.399 e. The number of rotatable bonds is 2. The number of pyridine rings is 1. The summed E-state index contributed by atoms with van der Waals surface area (Å²) in [6.45, 7) is 8.15. The number of nitrogens with zero attached hydrogens (tertiary/aromatic N) is 2. The molecule has 4 nitrogen and oxygen atoms in total. The highest BCUT2D eigenvalue weighted by Gasteiger charge is 2.52. The first-order valence-corrected chi connectivity index (χ1v) is 7.09. The monoisotopic (exact) mass is 270 g/mol. The normalized spacial score (nSPS) is 23.6. The third-order valence-corrected chi connectivity index (χ3v) is 4.61. The predicted octanol–water partition coefficient (Wildman–Crippen LogP) is 2.13. The minimum atomic E-state index is -0.411. The standard InChI is InChI=1S/C15H19BN2O2/c1-14(2)15(3,4)20-16(19-14)13-7-11(8-17)18-9-12(13)10-5-6-10/h7,9-10H,5-6H2,1-4H3. The summed E-state index contributed by atoms with van der Waals surface area (Å²) in [6.07, 6.45) is 4.18. The molecular weight excluding hydrogens is 251 g/mol. The Balaban J connectivity index is 2.00. The van der Waals surface area contributed by atoms with Gasteiger partial charge in [-0.2, -0.15) is 5.26 Å². The molecule has 0 bridgehead atoms. The summed E-state index contributed by atoms with van der Waals surface area (Å²) in [5.74, 6) is 0.546. The fraction of sp³-hybridized carbons (Fsp3) is 0.600. The van der Waals surface area contributed by atoms with Crippen LogP contribution in [0.15, 0.2) is 12.3 Å². The molecule has 1 aliphatic carbocycles. The highest BCUT2D eigenvalue weighted by molar-refractivity contribution is 6.62. The number of aromatic nitrogens is 1. The van der Waals surface area contributed by atoms with Crippen molar-refractivity contribution in [2.75, 3.05) is 0 Å². The van der Waals surface area contributed by atoms with Gasteiger partial charge < -0.3 is 9.31 Å². The highest BCUT2D eigenvalue weighted by atomic mass is 16.7. The Labute approximate surface area is 120 Å². The van der Waals surface area contributed by atoms with E-state index < -0.39 is 7.12 Å². The molecule has 1 saturated carbocycles. The van der Waals surface area contributed by atoms with Crippen molar-refractivity contribution in [3.63, 3.8) is 0 Å². The first-order valence-electron chi connectivity index (χ1n) is 7.09. The van der Waals surface area contributed by atoms with Crippen molar-refractivity contribution >= 4 is 12.6 Å². The third-order valence-electron chi connectivity index (χ3n) is 4.61. The highest BCUT2D eigenvalue weighted by Crippen LogP contribution is 2.41. The second-order valence-corrected chi connectivity index (χ2v) is 6.67. The number of hydrogen-bond donors (Lipinski definition) is 0. The van der Waals surface area contributed by atoms with Gasteiger partial charge >= 0.3 is 7.12 Å². The molecule has 1 aromatic heterocycles. The van der Waals surface area contributed by atoms with E-state index in [0.29, 0.717) is 11.6 Å². The molecule has 1 aliphatic heterocycles. The van der Waals surface area contributed by atoms with Crippen molar-refractivity contribution in [2.45, 2.75) is 57.7 Å². The van der Waals surface area contributed by atoms with Crippen LogP contribution in [-0.4, -0.2) is 23.3 Å². The van der Waals surface area contributed by atoms with E-state index in [-0.39, 0.29) is 11.2 Å². The van der Waals surface area contributed by atoms with E-state index in [4.69, 9.17) is 14.6 Å². The second-order valence-electron chi connectivity index (χ2n) is 6.67. The van der Waals surface area contributed by atoms with Gasteiger partial charge in [-0.1, -0.05) is 0 Å². The lowest BCUT2D eigenvalue weighted by Crippen LogP contribution is -2.41. The number of hydrogen-bond acceptors (Lipinski definition) is 4. The summed E-state index contributed by atoms with van der Waals surface area (Å²) < 4.78 is 12.2. The molecule has 0 radical (unpaired) electrons. The van der Waals surface area contributed by atoms with Crippen LogP contribution >= 0.6 is 0 Å². The van der Waals surface area contributed by atoms with Crippen LogP contribution in [0.1, 0.15) is 57.7 Å². The topological polar surface area (TPSA) is 55.1 Å². The van der Waals surface area contributed by atoms with Gasteiger partial charge in [0, 0.05) is 6.20 Å². The summed E-state index contributed by atoms with van der Waals surface area (Å²) in [4.78, 5) is 4.19. The maximum atomic E-state index is 9.06. The molecule has 1 aromatic rings. The molecular formula is C15H19BN2O2. The predicted molar refractivity (Wildman–Crippen MR) is 76.6 cm³/mol. The molecule has 2 fully saturated rings. The summed E-state index contributed by atoms with van der Waals surface area (Å²) in [6, 6.07) is 3.91. The zero-order valence-electron chi connectivity index (χ0n) is 12.4. The van der Waals surface area contributed by atoms with Crippen LogP contribution in [0.5, 0.6) is 0 Å². The molecule has 1 saturated heterocycles. The van der Waals surface area contributed by atoms with Gasteiger partial charge in [0.1, 0.15) is 11.8 Å². The second kappa shape index (κ2) is 4.31. The first kappa shape index (κ1) is 13.6. The molecule has 2 heterocycles. The summed E-state index contributed by atoms with van der Waals surface area (Å²) in [5, 5.41) is 9.06. The molecule has 5 heteroatoms. The van der Waals surface area contributed by atoms with Gasteiger partial charge in [0.2, 0.25) is 0 Å². The van der Waals surface area contributed by atoms with E-state index in [1.54, 1.807) is 0 Å². The Morgan fingerprint density at radius 1 is 1.25 bits per heavy atom. The van der Waals surface area contributed by atoms with E-state index in [1.165, 1.54) is 18.4 Å². The molecule has 0 amide bonds. The fourth-order valence-electron chi connectivity index (χ4n) is 2.45. The maximum Gasteiger partial charge on any atom is 0.495 e. The lowest BCUT2D eigenvalue weighted by molar-refractivity contribution is 0.00578. The van der Waals surface area contributed by atoms with E-state index in [0.717, 1.165) is 5.46 Å². The smallest absolute Gasteiger partial charge is 0.399 e. The van der Waals surface area contributed by atoms with Gasteiger partial charge in [-0.05, 0) is 63.5 Å². The van der Waals surface area contributed by atoms with Crippen LogP contribution in [0, 0.1) is 11.3 Å². The minimum absolute atomic E-state index is 0.367. The Bertz CT molecular complexity index is 572. The zero-order chi connectivity index (χ0) is 14.5. The maximum absolute atomic E-state index is 9.06. The molecule has 0 unspecified atom stereocenters. The third kappa shape index (κ3) is 2.13. The largest absolute Gasteiger partial charge is 0.495 e. The molecule has 2 aliphatic rings. The Morgan fingerprint density at radius 2 is 1.85 bits per heavy atom. The van der Waals surface area contributed by atoms with Crippen LogP contribution in [0.3, 0.4) is 0 Å². The average molecular weight is 270 g/mol. The molecule has 0 atom stereocenters. The summed E-state index contributed by atoms with van der Waals surface area (Å²) >= 11 is 0. The quantitative estimate of drug-likeness (QED) is 0.772. The van der Waals surface area contributed by atoms with Gasteiger partial charge in [0.15, 0.2) is 0 Å². The van der Waals surface area contributed by atoms with Gasteiger partial charge in [-0.15, -0.1) is 0 Å². The van der Waals surface area contributed by atoms with Crippen LogP contribution < -0.4 is 5.46 Å². The average Bonchev–Trinajstić information content (AvgIpc) is 3.17.